The fourth-order valence-corrected chi connectivity index (χ4v) is 5.36. The van der Waals surface area contributed by atoms with E-state index in [1.165, 1.54) is 76.3 Å². The Morgan fingerprint density at radius 2 is 0.712 bits per heavy atom. The van der Waals surface area contributed by atoms with Gasteiger partial charge in [0.25, 0.3) is 11.4 Å². The molecular formula is C41H75N3O15. The summed E-state index contributed by atoms with van der Waals surface area (Å²) in [5, 5.41) is 24.8. The maximum atomic E-state index is 11.2. The number of benzene rings is 1. The third-order valence-corrected chi connectivity index (χ3v) is 8.56. The second-order valence-electron chi connectivity index (χ2n) is 13.4. The van der Waals surface area contributed by atoms with Gasteiger partial charge in [0.2, 0.25) is 0 Å². The SMILES string of the molecule is CCCCCCCCCCCCCOCCOCCOCCOCCOCCOCCOCCOCCOCCOCCOCCNc1ccc([N+](=O)[O-])cc1[N+](=O)[O-]. The highest BCUT2D eigenvalue weighted by atomic mass is 16.6. The van der Waals surface area contributed by atoms with Crippen LogP contribution in [0.2, 0.25) is 0 Å². The highest BCUT2D eigenvalue weighted by Crippen LogP contribution is 2.28. The molecule has 0 radical (unpaired) electrons. The first-order valence-electron chi connectivity index (χ1n) is 21.6. The molecule has 0 unspecified atom stereocenters. The zero-order valence-electron chi connectivity index (χ0n) is 35.8. The van der Waals surface area contributed by atoms with Crippen molar-refractivity contribution >= 4 is 17.1 Å². The van der Waals surface area contributed by atoms with Crippen LogP contribution in [0.25, 0.3) is 0 Å². The average Bonchev–Trinajstić information content (AvgIpc) is 3.23. The van der Waals surface area contributed by atoms with Gasteiger partial charge in [-0.2, -0.15) is 0 Å². The van der Waals surface area contributed by atoms with Crippen molar-refractivity contribution in [3.63, 3.8) is 0 Å². The Labute approximate surface area is 351 Å². The summed E-state index contributed by atoms with van der Waals surface area (Å²) in [5.74, 6) is 0. The molecule has 344 valence electrons. The lowest BCUT2D eigenvalue weighted by molar-refractivity contribution is -0.393. The predicted molar refractivity (Wildman–Crippen MR) is 224 cm³/mol. The van der Waals surface area contributed by atoms with Crippen molar-refractivity contribution in [2.45, 2.75) is 77.6 Å². The molecule has 0 aliphatic carbocycles. The van der Waals surface area contributed by atoms with Gasteiger partial charge in [-0.15, -0.1) is 0 Å². The molecule has 0 bridgehead atoms. The van der Waals surface area contributed by atoms with Gasteiger partial charge in [-0.05, 0) is 12.5 Å². The van der Waals surface area contributed by atoms with E-state index in [4.69, 9.17) is 52.1 Å². The van der Waals surface area contributed by atoms with Crippen molar-refractivity contribution in [1.29, 1.82) is 0 Å². The Morgan fingerprint density at radius 3 is 1.03 bits per heavy atom. The Kier molecular flexibility index (Phi) is 40.1. The highest BCUT2D eigenvalue weighted by Gasteiger charge is 2.19. The summed E-state index contributed by atoms with van der Waals surface area (Å²) in [4.78, 5) is 20.6. The second kappa shape index (κ2) is 43.5. The quantitative estimate of drug-likeness (QED) is 0.0428. The van der Waals surface area contributed by atoms with Crippen molar-refractivity contribution in [1.82, 2.24) is 0 Å². The van der Waals surface area contributed by atoms with Crippen molar-refractivity contribution in [2.24, 2.45) is 0 Å². The van der Waals surface area contributed by atoms with Gasteiger partial charge >= 0.3 is 0 Å². The average molecular weight is 850 g/mol. The van der Waals surface area contributed by atoms with Crippen LogP contribution >= 0.6 is 0 Å². The minimum atomic E-state index is -0.678. The zero-order valence-corrected chi connectivity index (χ0v) is 35.8. The lowest BCUT2D eigenvalue weighted by Gasteiger charge is -2.09. The first-order chi connectivity index (χ1) is 29.1. The van der Waals surface area contributed by atoms with E-state index in [0.29, 0.717) is 139 Å². The summed E-state index contributed by atoms with van der Waals surface area (Å²) in [7, 11) is 0. The normalized spacial score (nSPS) is 11.4. The summed E-state index contributed by atoms with van der Waals surface area (Å²) < 4.78 is 60.6. The lowest BCUT2D eigenvalue weighted by Crippen LogP contribution is -2.16. The molecule has 1 rings (SSSR count). The number of anilines is 1. The standard InChI is InChI=1S/C41H75N3O15/c1-2-3-4-5-6-7-8-9-10-11-12-16-49-18-20-51-22-24-53-26-28-55-30-32-57-34-36-59-37-35-58-33-31-56-29-27-54-25-23-52-21-19-50-17-15-42-40-14-13-39(43(45)46)38-41(40)44(47)48/h13-14,38,42H,2-12,15-37H2,1H3. The maximum Gasteiger partial charge on any atom is 0.299 e. The number of nitro benzene ring substituents is 2. The van der Waals surface area contributed by atoms with Crippen LogP contribution in [0.15, 0.2) is 18.2 Å². The largest absolute Gasteiger partial charge is 0.379 e. The van der Waals surface area contributed by atoms with E-state index in [2.05, 4.69) is 12.2 Å². The van der Waals surface area contributed by atoms with Crippen LogP contribution in [0, 0.1) is 20.2 Å². The Hall–Kier alpha value is -2.62. The van der Waals surface area contributed by atoms with Gasteiger partial charge < -0.3 is 57.4 Å². The molecule has 0 amide bonds. The lowest BCUT2D eigenvalue weighted by atomic mass is 10.1. The van der Waals surface area contributed by atoms with Gasteiger partial charge in [0.1, 0.15) is 5.69 Å². The summed E-state index contributed by atoms with van der Waals surface area (Å²) in [6.07, 6.45) is 14.8. The topological polar surface area (TPSA) is 200 Å². The van der Waals surface area contributed by atoms with E-state index in [1.54, 1.807) is 0 Å². The van der Waals surface area contributed by atoms with E-state index in [0.717, 1.165) is 19.1 Å². The Bertz CT molecular complexity index is 1090. The zero-order chi connectivity index (χ0) is 42.5. The van der Waals surface area contributed by atoms with Crippen molar-refractivity contribution in [2.75, 3.05) is 157 Å². The van der Waals surface area contributed by atoms with Crippen LogP contribution in [0.1, 0.15) is 77.6 Å². The summed E-state index contributed by atoms with van der Waals surface area (Å²) in [6.45, 7) is 13.3. The Balaban J connectivity index is 1.67. The predicted octanol–water partition coefficient (Wildman–Crippen LogP) is 6.41. The van der Waals surface area contributed by atoms with Crippen LogP contribution in [0.5, 0.6) is 0 Å². The molecule has 18 heteroatoms. The van der Waals surface area contributed by atoms with Crippen molar-refractivity contribution in [3.8, 4) is 0 Å². The molecule has 1 aromatic rings. The monoisotopic (exact) mass is 850 g/mol. The van der Waals surface area contributed by atoms with Gasteiger partial charge in [0, 0.05) is 19.2 Å². The molecule has 1 N–H and O–H groups in total. The molecule has 0 aliphatic rings. The van der Waals surface area contributed by atoms with Crippen LogP contribution in [-0.4, -0.2) is 162 Å². The molecule has 0 saturated heterocycles. The fraction of sp³-hybridized carbons (Fsp3) is 0.854. The summed E-state index contributed by atoms with van der Waals surface area (Å²) >= 11 is 0. The number of nitro groups is 2. The minimum Gasteiger partial charge on any atom is -0.379 e. The molecule has 0 spiro atoms. The number of nitrogens with one attached hydrogen (secondary N) is 1. The second-order valence-corrected chi connectivity index (χ2v) is 13.4. The van der Waals surface area contributed by atoms with E-state index >= 15 is 0 Å². The molecule has 18 nitrogen and oxygen atoms in total. The number of hydrogen-bond acceptors (Lipinski definition) is 16. The summed E-state index contributed by atoms with van der Waals surface area (Å²) in [5.41, 5.74) is -0.521. The molecule has 0 heterocycles. The number of hydrogen-bond donors (Lipinski definition) is 1. The van der Waals surface area contributed by atoms with Gasteiger partial charge in [0.05, 0.1) is 155 Å². The molecule has 0 atom stereocenters. The van der Waals surface area contributed by atoms with Crippen molar-refractivity contribution in [3.05, 3.63) is 38.4 Å². The van der Waals surface area contributed by atoms with Crippen LogP contribution in [0.4, 0.5) is 17.1 Å². The molecular weight excluding hydrogens is 774 g/mol. The van der Waals surface area contributed by atoms with Crippen LogP contribution in [0.3, 0.4) is 0 Å². The molecule has 0 fully saturated rings. The van der Waals surface area contributed by atoms with Gasteiger partial charge in [-0.3, -0.25) is 20.2 Å². The molecule has 0 saturated carbocycles. The van der Waals surface area contributed by atoms with Crippen LogP contribution in [-0.2, 0) is 52.1 Å². The molecule has 59 heavy (non-hydrogen) atoms. The Morgan fingerprint density at radius 1 is 0.407 bits per heavy atom. The number of unbranched alkanes of at least 4 members (excludes halogenated alkanes) is 10. The number of non-ortho nitro benzene ring substituents is 1. The van der Waals surface area contributed by atoms with Gasteiger partial charge in [-0.25, -0.2) is 0 Å². The number of nitrogens with zero attached hydrogens (tertiary/aromatic N) is 2. The summed E-state index contributed by atoms with van der Waals surface area (Å²) in [6, 6.07) is 3.44. The minimum absolute atomic E-state index is 0.187. The highest BCUT2D eigenvalue weighted by molar-refractivity contribution is 5.65. The maximum absolute atomic E-state index is 11.2. The first kappa shape index (κ1) is 54.4. The molecule has 1 aromatic carbocycles. The third kappa shape index (κ3) is 36.9. The van der Waals surface area contributed by atoms with E-state index in [-0.39, 0.29) is 23.7 Å². The number of ether oxygens (including phenoxy) is 11. The van der Waals surface area contributed by atoms with Crippen LogP contribution < -0.4 is 5.32 Å². The molecule has 0 aromatic heterocycles. The van der Waals surface area contributed by atoms with Gasteiger partial charge in [0.15, 0.2) is 0 Å². The molecule has 0 aliphatic heterocycles. The van der Waals surface area contributed by atoms with E-state index in [9.17, 15) is 20.2 Å². The number of rotatable bonds is 48. The fourth-order valence-electron chi connectivity index (χ4n) is 5.36. The third-order valence-electron chi connectivity index (χ3n) is 8.56. The van der Waals surface area contributed by atoms with Crippen molar-refractivity contribution < 1.29 is 62.0 Å². The first-order valence-corrected chi connectivity index (χ1v) is 21.6. The smallest absolute Gasteiger partial charge is 0.299 e. The van der Waals surface area contributed by atoms with Gasteiger partial charge in [-0.1, -0.05) is 71.1 Å². The van der Waals surface area contributed by atoms with E-state index < -0.39 is 9.85 Å². The van der Waals surface area contributed by atoms with E-state index in [1.807, 2.05) is 0 Å².